The Labute approximate surface area is 122 Å². The van der Waals surface area contributed by atoms with Crippen LogP contribution in [0.5, 0.6) is 0 Å². The van der Waals surface area contributed by atoms with Crippen LogP contribution in [-0.2, 0) is 11.3 Å². The molecule has 1 aliphatic rings. The zero-order chi connectivity index (χ0) is 14.8. The first-order valence-electron chi connectivity index (χ1n) is 7.57. The first-order chi connectivity index (χ1) is 9.44. The van der Waals surface area contributed by atoms with E-state index in [0.717, 1.165) is 30.6 Å². The van der Waals surface area contributed by atoms with Crippen LogP contribution in [0.25, 0.3) is 0 Å². The molecule has 110 valence electrons. The monoisotopic (exact) mass is 274 g/mol. The van der Waals surface area contributed by atoms with Gasteiger partial charge in [0.2, 0.25) is 5.91 Å². The summed E-state index contributed by atoms with van der Waals surface area (Å²) < 4.78 is 0. The summed E-state index contributed by atoms with van der Waals surface area (Å²) in [4.78, 5) is 14.7. The lowest BCUT2D eigenvalue weighted by molar-refractivity contribution is -0.138. The van der Waals surface area contributed by atoms with Gasteiger partial charge < -0.3 is 10.6 Å². The fourth-order valence-electron chi connectivity index (χ4n) is 3.26. The topological polar surface area (TPSA) is 46.3 Å². The van der Waals surface area contributed by atoms with Gasteiger partial charge in [-0.3, -0.25) is 4.79 Å². The molecule has 0 aromatic heterocycles. The molecule has 1 aliphatic carbocycles. The van der Waals surface area contributed by atoms with E-state index in [4.69, 9.17) is 5.73 Å². The maximum Gasteiger partial charge on any atom is 0.226 e. The van der Waals surface area contributed by atoms with Crippen molar-refractivity contribution >= 4 is 11.6 Å². The number of anilines is 1. The SMILES string of the molecule is CCN(Cc1cccc(N)c1)C(=O)C1CCCC1(C)C. The van der Waals surface area contributed by atoms with Gasteiger partial charge in [0.15, 0.2) is 0 Å². The molecule has 0 radical (unpaired) electrons. The molecule has 1 saturated carbocycles. The van der Waals surface area contributed by atoms with Crippen molar-refractivity contribution in [3.63, 3.8) is 0 Å². The number of nitrogens with two attached hydrogens (primary N) is 1. The number of rotatable bonds is 4. The van der Waals surface area contributed by atoms with Crippen LogP contribution >= 0.6 is 0 Å². The molecule has 1 unspecified atom stereocenters. The summed E-state index contributed by atoms with van der Waals surface area (Å²) in [7, 11) is 0. The molecule has 2 N–H and O–H groups in total. The largest absolute Gasteiger partial charge is 0.399 e. The Hall–Kier alpha value is -1.51. The summed E-state index contributed by atoms with van der Waals surface area (Å²) in [6, 6.07) is 7.81. The van der Waals surface area contributed by atoms with Crippen molar-refractivity contribution in [3.05, 3.63) is 29.8 Å². The minimum absolute atomic E-state index is 0.139. The Bertz CT molecular complexity index is 482. The second kappa shape index (κ2) is 5.86. The average Bonchev–Trinajstić information content (AvgIpc) is 2.75. The normalized spacial score (nSPS) is 20.9. The molecule has 3 heteroatoms. The van der Waals surface area contributed by atoms with Gasteiger partial charge >= 0.3 is 0 Å². The molecule has 1 aromatic carbocycles. The third-order valence-electron chi connectivity index (χ3n) is 4.57. The smallest absolute Gasteiger partial charge is 0.226 e. The molecule has 1 fully saturated rings. The minimum atomic E-state index is 0.139. The number of nitrogens with zero attached hydrogens (tertiary/aromatic N) is 1. The quantitative estimate of drug-likeness (QED) is 0.855. The number of carbonyl (C=O) groups excluding carboxylic acids is 1. The number of nitrogen functional groups attached to an aromatic ring is 1. The fourth-order valence-corrected chi connectivity index (χ4v) is 3.26. The third-order valence-corrected chi connectivity index (χ3v) is 4.57. The van der Waals surface area contributed by atoms with E-state index < -0.39 is 0 Å². The molecule has 3 nitrogen and oxygen atoms in total. The lowest BCUT2D eigenvalue weighted by Crippen LogP contribution is -2.39. The Morgan fingerprint density at radius 2 is 2.20 bits per heavy atom. The molecular formula is C17H26N2O. The van der Waals surface area contributed by atoms with Crippen molar-refractivity contribution in [1.29, 1.82) is 0 Å². The van der Waals surface area contributed by atoms with E-state index in [1.54, 1.807) is 0 Å². The van der Waals surface area contributed by atoms with E-state index in [1.165, 1.54) is 6.42 Å². The predicted octanol–water partition coefficient (Wildman–Crippen LogP) is 3.44. The number of amides is 1. The van der Waals surface area contributed by atoms with Crippen LogP contribution in [0.1, 0.15) is 45.6 Å². The van der Waals surface area contributed by atoms with Crippen molar-refractivity contribution < 1.29 is 4.79 Å². The van der Waals surface area contributed by atoms with Crippen molar-refractivity contribution in [2.24, 2.45) is 11.3 Å². The molecule has 1 atom stereocenters. The zero-order valence-electron chi connectivity index (χ0n) is 12.9. The van der Waals surface area contributed by atoms with Crippen LogP contribution in [0.4, 0.5) is 5.69 Å². The standard InChI is InChI=1S/C17H26N2O/c1-4-19(12-13-7-5-8-14(18)11-13)16(20)15-9-6-10-17(15,2)3/h5,7-8,11,15H,4,6,9-10,12,18H2,1-3H3. The molecule has 0 heterocycles. The lowest BCUT2D eigenvalue weighted by Gasteiger charge is -2.31. The summed E-state index contributed by atoms with van der Waals surface area (Å²) in [5, 5.41) is 0. The summed E-state index contributed by atoms with van der Waals surface area (Å²) in [6.07, 6.45) is 3.34. The number of hydrogen-bond donors (Lipinski definition) is 1. The number of benzene rings is 1. The van der Waals surface area contributed by atoms with E-state index in [0.29, 0.717) is 12.5 Å². The van der Waals surface area contributed by atoms with Gasteiger partial charge in [-0.05, 0) is 42.9 Å². The highest BCUT2D eigenvalue weighted by atomic mass is 16.2. The van der Waals surface area contributed by atoms with Gasteiger partial charge in [-0.25, -0.2) is 0 Å². The Kier molecular flexibility index (Phi) is 4.36. The minimum Gasteiger partial charge on any atom is -0.399 e. The van der Waals surface area contributed by atoms with Crippen LogP contribution in [-0.4, -0.2) is 17.4 Å². The van der Waals surface area contributed by atoms with E-state index in [9.17, 15) is 4.79 Å². The van der Waals surface area contributed by atoms with E-state index >= 15 is 0 Å². The van der Waals surface area contributed by atoms with Gasteiger partial charge in [0, 0.05) is 24.7 Å². The maximum absolute atomic E-state index is 12.8. The summed E-state index contributed by atoms with van der Waals surface area (Å²) in [6.45, 7) is 7.90. The van der Waals surface area contributed by atoms with Gasteiger partial charge in [0.05, 0.1) is 0 Å². The van der Waals surface area contributed by atoms with Crippen molar-refractivity contribution in [3.8, 4) is 0 Å². The first kappa shape index (κ1) is 14.9. The van der Waals surface area contributed by atoms with Gasteiger partial charge in [-0.1, -0.05) is 32.4 Å². The molecule has 2 rings (SSSR count). The van der Waals surface area contributed by atoms with E-state index in [2.05, 4.69) is 13.8 Å². The summed E-state index contributed by atoms with van der Waals surface area (Å²) in [5.74, 6) is 0.473. The van der Waals surface area contributed by atoms with Crippen LogP contribution in [0.15, 0.2) is 24.3 Å². The average molecular weight is 274 g/mol. The highest BCUT2D eigenvalue weighted by molar-refractivity contribution is 5.80. The van der Waals surface area contributed by atoms with Crippen LogP contribution < -0.4 is 5.73 Å². The van der Waals surface area contributed by atoms with Crippen LogP contribution in [0.3, 0.4) is 0 Å². The van der Waals surface area contributed by atoms with Crippen LogP contribution in [0.2, 0.25) is 0 Å². The molecule has 1 aromatic rings. The zero-order valence-corrected chi connectivity index (χ0v) is 12.9. The van der Waals surface area contributed by atoms with Crippen LogP contribution in [0, 0.1) is 11.3 Å². The Morgan fingerprint density at radius 1 is 1.45 bits per heavy atom. The van der Waals surface area contributed by atoms with Crippen molar-refractivity contribution in [2.45, 2.75) is 46.6 Å². The predicted molar refractivity (Wildman–Crippen MR) is 83.1 cm³/mol. The molecule has 1 amide bonds. The van der Waals surface area contributed by atoms with Crippen molar-refractivity contribution in [1.82, 2.24) is 4.90 Å². The number of hydrogen-bond acceptors (Lipinski definition) is 2. The molecule has 0 aliphatic heterocycles. The fraction of sp³-hybridized carbons (Fsp3) is 0.588. The molecule has 20 heavy (non-hydrogen) atoms. The van der Waals surface area contributed by atoms with Gasteiger partial charge in [0.25, 0.3) is 0 Å². The highest BCUT2D eigenvalue weighted by Crippen LogP contribution is 2.43. The second-order valence-electron chi connectivity index (χ2n) is 6.53. The summed E-state index contributed by atoms with van der Waals surface area (Å²) >= 11 is 0. The van der Waals surface area contributed by atoms with Gasteiger partial charge in [0.1, 0.15) is 0 Å². The molecule has 0 spiro atoms. The van der Waals surface area contributed by atoms with E-state index in [-0.39, 0.29) is 11.3 Å². The van der Waals surface area contributed by atoms with Gasteiger partial charge in [-0.15, -0.1) is 0 Å². The van der Waals surface area contributed by atoms with Gasteiger partial charge in [-0.2, -0.15) is 0 Å². The highest BCUT2D eigenvalue weighted by Gasteiger charge is 2.40. The second-order valence-corrected chi connectivity index (χ2v) is 6.53. The molecule has 0 saturated heterocycles. The lowest BCUT2D eigenvalue weighted by atomic mass is 9.81. The first-order valence-corrected chi connectivity index (χ1v) is 7.57. The third kappa shape index (κ3) is 3.14. The summed E-state index contributed by atoms with van der Waals surface area (Å²) in [5.41, 5.74) is 7.82. The maximum atomic E-state index is 12.8. The molecule has 0 bridgehead atoms. The number of carbonyl (C=O) groups is 1. The van der Waals surface area contributed by atoms with E-state index in [1.807, 2.05) is 36.1 Å². The molecular weight excluding hydrogens is 248 g/mol. The Morgan fingerprint density at radius 3 is 2.75 bits per heavy atom. The van der Waals surface area contributed by atoms with Crippen molar-refractivity contribution in [2.75, 3.05) is 12.3 Å². The Balaban J connectivity index is 2.10.